The number of halogens is 1. The Morgan fingerprint density at radius 1 is 1.15 bits per heavy atom. The fraction of sp³-hybridized carbons (Fsp3) is 0.250. The van der Waals surface area contributed by atoms with Crippen LogP contribution in [0.2, 0.25) is 5.02 Å². The first-order valence-corrected chi connectivity index (χ1v) is 10.2. The molecule has 0 saturated carbocycles. The number of hydrogen-bond acceptors (Lipinski definition) is 5. The summed E-state index contributed by atoms with van der Waals surface area (Å²) >= 11 is 6.21. The molecule has 0 unspecified atom stereocenters. The highest BCUT2D eigenvalue weighted by molar-refractivity contribution is 7.86. The van der Waals surface area contributed by atoms with Crippen LogP contribution in [0.1, 0.15) is 23.6 Å². The summed E-state index contributed by atoms with van der Waals surface area (Å²) < 4.78 is 34.2. The highest BCUT2D eigenvalue weighted by Gasteiger charge is 2.14. The third kappa shape index (κ3) is 6.50. The number of esters is 1. The van der Waals surface area contributed by atoms with Gasteiger partial charge < -0.3 is 4.74 Å². The lowest BCUT2D eigenvalue weighted by molar-refractivity contribution is -0.137. The summed E-state index contributed by atoms with van der Waals surface area (Å²) in [4.78, 5) is 11.5. The maximum absolute atomic E-state index is 12.2. The summed E-state index contributed by atoms with van der Waals surface area (Å²) in [5, 5.41) is 0.453. The lowest BCUT2D eigenvalue weighted by atomic mass is 10.1. The van der Waals surface area contributed by atoms with Crippen LogP contribution in [-0.2, 0) is 30.3 Å². The molecule has 144 valence electrons. The van der Waals surface area contributed by atoms with Gasteiger partial charge in [0.15, 0.2) is 0 Å². The lowest BCUT2D eigenvalue weighted by Gasteiger charge is -2.07. The number of carbonyl (C=O) groups is 1. The van der Waals surface area contributed by atoms with Gasteiger partial charge in [-0.05, 0) is 55.7 Å². The van der Waals surface area contributed by atoms with E-state index in [1.807, 2.05) is 6.92 Å². The minimum Gasteiger partial charge on any atom is -0.463 e. The fourth-order valence-corrected chi connectivity index (χ4v) is 3.43. The SMILES string of the molecule is CCOC(=O)/C=C/c1ccc(CCOS(=O)(=O)c2ccc(C)cc2)cc1Cl. The smallest absolute Gasteiger partial charge is 0.330 e. The van der Waals surface area contributed by atoms with Crippen molar-refractivity contribution in [3.05, 3.63) is 70.3 Å². The zero-order chi connectivity index (χ0) is 19.9. The van der Waals surface area contributed by atoms with Crippen molar-refractivity contribution in [2.45, 2.75) is 25.2 Å². The maximum Gasteiger partial charge on any atom is 0.330 e. The van der Waals surface area contributed by atoms with Gasteiger partial charge in [0.1, 0.15) is 0 Å². The van der Waals surface area contributed by atoms with Crippen LogP contribution in [0.3, 0.4) is 0 Å². The van der Waals surface area contributed by atoms with Gasteiger partial charge in [0.25, 0.3) is 10.1 Å². The van der Waals surface area contributed by atoms with Crippen LogP contribution in [0.4, 0.5) is 0 Å². The van der Waals surface area contributed by atoms with Crippen LogP contribution in [0.15, 0.2) is 53.4 Å². The van der Waals surface area contributed by atoms with Gasteiger partial charge in [-0.15, -0.1) is 0 Å². The van der Waals surface area contributed by atoms with E-state index in [0.29, 0.717) is 23.6 Å². The summed E-state index contributed by atoms with van der Waals surface area (Å²) in [7, 11) is -3.78. The Hall–Kier alpha value is -2.15. The Morgan fingerprint density at radius 3 is 2.48 bits per heavy atom. The molecule has 2 aromatic carbocycles. The molecule has 0 aromatic heterocycles. The second-order valence-corrected chi connectivity index (χ2v) is 7.80. The standard InChI is InChI=1S/C20H21ClO5S/c1-3-25-20(22)11-8-17-7-6-16(14-19(17)21)12-13-26-27(23,24)18-9-4-15(2)5-10-18/h4-11,14H,3,12-13H2,1-2H3/b11-8+. The van der Waals surface area contributed by atoms with Crippen LogP contribution in [0, 0.1) is 6.92 Å². The molecule has 0 aliphatic heterocycles. The predicted octanol–water partition coefficient (Wildman–Crippen LogP) is 4.17. The average Bonchev–Trinajstić information content (AvgIpc) is 2.61. The van der Waals surface area contributed by atoms with E-state index in [2.05, 4.69) is 0 Å². The van der Waals surface area contributed by atoms with Gasteiger partial charge in [0.05, 0.1) is 18.1 Å². The molecule has 2 aromatic rings. The Kier molecular flexibility index (Phi) is 7.59. The van der Waals surface area contributed by atoms with Crippen molar-refractivity contribution in [3.8, 4) is 0 Å². The van der Waals surface area contributed by atoms with Gasteiger partial charge in [0, 0.05) is 11.1 Å². The van der Waals surface area contributed by atoms with Gasteiger partial charge in [0.2, 0.25) is 0 Å². The van der Waals surface area contributed by atoms with Gasteiger partial charge in [-0.25, -0.2) is 4.79 Å². The molecular formula is C20H21ClO5S. The molecule has 5 nitrogen and oxygen atoms in total. The molecular weight excluding hydrogens is 388 g/mol. The topological polar surface area (TPSA) is 69.7 Å². The molecule has 27 heavy (non-hydrogen) atoms. The summed E-state index contributed by atoms with van der Waals surface area (Å²) in [6.07, 6.45) is 3.26. The minimum atomic E-state index is -3.78. The first-order chi connectivity index (χ1) is 12.8. The second kappa shape index (κ2) is 9.69. The normalized spacial score (nSPS) is 11.7. The van der Waals surface area contributed by atoms with E-state index in [9.17, 15) is 13.2 Å². The Labute approximate surface area is 164 Å². The average molecular weight is 409 g/mol. The number of hydrogen-bond donors (Lipinski definition) is 0. The molecule has 2 rings (SSSR count). The van der Waals surface area contributed by atoms with E-state index in [-0.39, 0.29) is 11.5 Å². The maximum atomic E-state index is 12.2. The van der Waals surface area contributed by atoms with Crippen molar-refractivity contribution in [2.75, 3.05) is 13.2 Å². The van der Waals surface area contributed by atoms with Crippen molar-refractivity contribution in [1.82, 2.24) is 0 Å². The van der Waals surface area contributed by atoms with E-state index in [4.69, 9.17) is 20.5 Å². The van der Waals surface area contributed by atoms with Crippen LogP contribution in [-0.4, -0.2) is 27.6 Å². The molecule has 0 aliphatic rings. The first kappa shape index (κ1) is 21.2. The number of aryl methyl sites for hydroxylation is 1. The van der Waals surface area contributed by atoms with Crippen molar-refractivity contribution in [2.24, 2.45) is 0 Å². The summed E-state index contributed by atoms with van der Waals surface area (Å²) in [5.74, 6) is -0.438. The lowest BCUT2D eigenvalue weighted by Crippen LogP contribution is -2.09. The molecule has 0 atom stereocenters. The molecule has 0 spiro atoms. The monoisotopic (exact) mass is 408 g/mol. The first-order valence-electron chi connectivity index (χ1n) is 8.41. The third-order valence-corrected chi connectivity index (χ3v) is 5.34. The zero-order valence-electron chi connectivity index (χ0n) is 15.1. The fourth-order valence-electron chi connectivity index (χ4n) is 2.25. The molecule has 0 aliphatic carbocycles. The van der Waals surface area contributed by atoms with Gasteiger partial charge in [-0.3, -0.25) is 4.18 Å². The van der Waals surface area contributed by atoms with Crippen molar-refractivity contribution < 1.29 is 22.1 Å². The largest absolute Gasteiger partial charge is 0.463 e. The number of ether oxygens (including phenoxy) is 1. The van der Waals surface area contributed by atoms with Crippen molar-refractivity contribution >= 4 is 33.8 Å². The van der Waals surface area contributed by atoms with E-state index in [1.54, 1.807) is 43.3 Å². The predicted molar refractivity (Wildman–Crippen MR) is 105 cm³/mol. The number of benzene rings is 2. The third-order valence-electron chi connectivity index (χ3n) is 3.69. The van der Waals surface area contributed by atoms with Crippen molar-refractivity contribution in [1.29, 1.82) is 0 Å². The van der Waals surface area contributed by atoms with Gasteiger partial charge >= 0.3 is 5.97 Å². The van der Waals surface area contributed by atoms with Crippen molar-refractivity contribution in [3.63, 3.8) is 0 Å². The minimum absolute atomic E-state index is 0.00451. The zero-order valence-corrected chi connectivity index (χ0v) is 16.7. The molecule has 0 heterocycles. The molecule has 0 bridgehead atoms. The van der Waals surface area contributed by atoms with Crippen LogP contribution < -0.4 is 0 Å². The second-order valence-electron chi connectivity index (χ2n) is 5.78. The molecule has 0 N–H and O–H groups in total. The highest BCUT2D eigenvalue weighted by atomic mass is 35.5. The number of rotatable bonds is 8. The van der Waals surface area contributed by atoms with E-state index >= 15 is 0 Å². The van der Waals surface area contributed by atoms with Gasteiger partial charge in [-0.1, -0.05) is 41.4 Å². The molecule has 0 amide bonds. The molecule has 0 saturated heterocycles. The Morgan fingerprint density at radius 2 is 1.85 bits per heavy atom. The summed E-state index contributed by atoms with van der Waals surface area (Å²) in [6, 6.07) is 11.8. The summed E-state index contributed by atoms with van der Waals surface area (Å²) in [6.45, 7) is 3.92. The van der Waals surface area contributed by atoms with E-state index in [1.165, 1.54) is 18.2 Å². The summed E-state index contributed by atoms with van der Waals surface area (Å²) in [5.41, 5.74) is 2.47. The molecule has 7 heteroatoms. The highest BCUT2D eigenvalue weighted by Crippen LogP contribution is 2.20. The Bertz CT molecular complexity index is 918. The van der Waals surface area contributed by atoms with E-state index < -0.39 is 16.1 Å². The van der Waals surface area contributed by atoms with Crippen LogP contribution >= 0.6 is 11.6 Å². The molecule has 0 fully saturated rings. The van der Waals surface area contributed by atoms with E-state index in [0.717, 1.165) is 11.1 Å². The Balaban J connectivity index is 1.95. The van der Waals surface area contributed by atoms with Crippen LogP contribution in [0.25, 0.3) is 6.08 Å². The van der Waals surface area contributed by atoms with Gasteiger partial charge in [-0.2, -0.15) is 8.42 Å². The number of carbonyl (C=O) groups excluding carboxylic acids is 1. The van der Waals surface area contributed by atoms with Crippen LogP contribution in [0.5, 0.6) is 0 Å². The quantitative estimate of drug-likeness (QED) is 0.372. The molecule has 0 radical (unpaired) electrons.